The highest BCUT2D eigenvalue weighted by Crippen LogP contribution is 2.33. The van der Waals surface area contributed by atoms with Gasteiger partial charge in [-0.15, -0.1) is 0 Å². The summed E-state index contributed by atoms with van der Waals surface area (Å²) in [6.07, 6.45) is 4.06. The van der Waals surface area contributed by atoms with E-state index in [-0.39, 0.29) is 0 Å². The highest BCUT2D eigenvalue weighted by atomic mass is 16.3. The summed E-state index contributed by atoms with van der Waals surface area (Å²) in [6, 6.07) is 0. The minimum absolute atomic E-state index is 0.419. The van der Waals surface area contributed by atoms with E-state index in [1.165, 1.54) is 0 Å². The van der Waals surface area contributed by atoms with Crippen molar-refractivity contribution in [3.05, 3.63) is 0 Å². The fourth-order valence-electron chi connectivity index (χ4n) is 2.04. The van der Waals surface area contributed by atoms with Gasteiger partial charge in [-0.25, -0.2) is 0 Å². The lowest BCUT2D eigenvalue weighted by Gasteiger charge is -2.36. The minimum Gasteiger partial charge on any atom is -0.390 e. The molecule has 0 saturated heterocycles. The highest BCUT2D eigenvalue weighted by molar-refractivity contribution is 4.84. The van der Waals surface area contributed by atoms with Gasteiger partial charge >= 0.3 is 0 Å². The predicted molar refractivity (Wildman–Crippen MR) is 58.8 cm³/mol. The third-order valence-corrected chi connectivity index (χ3v) is 3.64. The molecule has 0 radical (unpaired) electrons. The fraction of sp³-hybridized carbons (Fsp3) is 1.00. The zero-order valence-electron chi connectivity index (χ0n) is 9.93. The van der Waals surface area contributed by atoms with E-state index in [2.05, 4.69) is 34.6 Å². The van der Waals surface area contributed by atoms with Crippen LogP contribution in [-0.2, 0) is 0 Å². The van der Waals surface area contributed by atoms with Crippen molar-refractivity contribution in [1.82, 2.24) is 0 Å². The molecule has 0 bridgehead atoms. The van der Waals surface area contributed by atoms with Crippen molar-refractivity contribution in [3.63, 3.8) is 0 Å². The van der Waals surface area contributed by atoms with E-state index < -0.39 is 5.60 Å². The molecule has 0 aliphatic carbocycles. The summed E-state index contributed by atoms with van der Waals surface area (Å²) in [5, 5.41) is 10.4. The molecule has 1 heteroatoms. The van der Waals surface area contributed by atoms with Crippen LogP contribution in [0.4, 0.5) is 0 Å². The maximum absolute atomic E-state index is 10.4. The second-order valence-corrected chi connectivity index (χ2v) is 4.38. The lowest BCUT2D eigenvalue weighted by molar-refractivity contribution is -0.0436. The SMILES string of the molecule is CCCC(O)(CC)C(C)C(C)CC. The first-order valence-electron chi connectivity index (χ1n) is 5.74. The molecule has 0 aromatic heterocycles. The number of hydrogen-bond donors (Lipinski definition) is 1. The van der Waals surface area contributed by atoms with E-state index in [0.717, 1.165) is 25.7 Å². The normalized spacial score (nSPS) is 20.8. The molecule has 13 heavy (non-hydrogen) atoms. The summed E-state index contributed by atoms with van der Waals surface area (Å²) in [4.78, 5) is 0. The maximum Gasteiger partial charge on any atom is 0.0673 e. The molecule has 0 rings (SSSR count). The Balaban J connectivity index is 4.35. The molecule has 3 atom stereocenters. The summed E-state index contributed by atoms with van der Waals surface area (Å²) >= 11 is 0. The molecule has 0 saturated carbocycles. The van der Waals surface area contributed by atoms with E-state index in [1.54, 1.807) is 0 Å². The molecule has 80 valence electrons. The van der Waals surface area contributed by atoms with Gasteiger partial charge in [-0.2, -0.15) is 0 Å². The second-order valence-electron chi connectivity index (χ2n) is 4.38. The van der Waals surface area contributed by atoms with Crippen LogP contribution in [0.25, 0.3) is 0 Å². The van der Waals surface area contributed by atoms with E-state index in [0.29, 0.717) is 11.8 Å². The average Bonchev–Trinajstić information content (AvgIpc) is 2.15. The quantitative estimate of drug-likeness (QED) is 0.672. The third kappa shape index (κ3) is 3.30. The van der Waals surface area contributed by atoms with Gasteiger partial charge in [-0.05, 0) is 24.7 Å². The van der Waals surface area contributed by atoms with Crippen LogP contribution in [0, 0.1) is 11.8 Å². The maximum atomic E-state index is 10.4. The number of rotatable bonds is 6. The van der Waals surface area contributed by atoms with E-state index in [1.807, 2.05) is 0 Å². The molecule has 0 amide bonds. The van der Waals surface area contributed by atoms with Crippen molar-refractivity contribution >= 4 is 0 Å². The molecule has 0 heterocycles. The van der Waals surface area contributed by atoms with E-state index >= 15 is 0 Å². The Morgan fingerprint density at radius 3 is 2.00 bits per heavy atom. The Morgan fingerprint density at radius 2 is 1.69 bits per heavy atom. The van der Waals surface area contributed by atoms with Crippen LogP contribution >= 0.6 is 0 Å². The predicted octanol–water partition coefficient (Wildman–Crippen LogP) is 3.61. The molecule has 0 spiro atoms. The standard InChI is InChI=1S/C12H26O/c1-6-9-12(13,8-3)11(5)10(4)7-2/h10-11,13H,6-9H2,1-5H3. The molecule has 1 N–H and O–H groups in total. The summed E-state index contributed by atoms with van der Waals surface area (Å²) < 4.78 is 0. The van der Waals surface area contributed by atoms with Crippen LogP contribution in [0.1, 0.15) is 60.3 Å². The largest absolute Gasteiger partial charge is 0.390 e. The van der Waals surface area contributed by atoms with Crippen molar-refractivity contribution in [3.8, 4) is 0 Å². The van der Waals surface area contributed by atoms with Crippen LogP contribution in [0.5, 0.6) is 0 Å². The van der Waals surface area contributed by atoms with Gasteiger partial charge in [0.25, 0.3) is 0 Å². The Bertz CT molecular complexity index is 133. The van der Waals surface area contributed by atoms with Gasteiger partial charge < -0.3 is 5.11 Å². The fourth-order valence-corrected chi connectivity index (χ4v) is 2.04. The summed E-state index contributed by atoms with van der Waals surface area (Å²) in [7, 11) is 0. The molecule has 3 unspecified atom stereocenters. The zero-order chi connectivity index (χ0) is 10.5. The van der Waals surface area contributed by atoms with Crippen molar-refractivity contribution in [1.29, 1.82) is 0 Å². The van der Waals surface area contributed by atoms with Gasteiger partial charge in [0.1, 0.15) is 0 Å². The van der Waals surface area contributed by atoms with E-state index in [4.69, 9.17) is 0 Å². The molecule has 0 aliphatic heterocycles. The number of hydrogen-bond acceptors (Lipinski definition) is 1. The molecular formula is C12H26O. The van der Waals surface area contributed by atoms with Gasteiger partial charge in [0.15, 0.2) is 0 Å². The van der Waals surface area contributed by atoms with Crippen molar-refractivity contribution in [2.75, 3.05) is 0 Å². The van der Waals surface area contributed by atoms with Gasteiger partial charge in [0.05, 0.1) is 5.60 Å². The van der Waals surface area contributed by atoms with Crippen molar-refractivity contribution < 1.29 is 5.11 Å². The van der Waals surface area contributed by atoms with Gasteiger partial charge in [0, 0.05) is 0 Å². The first kappa shape index (κ1) is 13.0. The monoisotopic (exact) mass is 186 g/mol. The minimum atomic E-state index is -0.426. The number of aliphatic hydroxyl groups is 1. The zero-order valence-corrected chi connectivity index (χ0v) is 9.93. The first-order valence-corrected chi connectivity index (χ1v) is 5.74. The van der Waals surface area contributed by atoms with Crippen LogP contribution in [0.2, 0.25) is 0 Å². The summed E-state index contributed by atoms with van der Waals surface area (Å²) in [6.45, 7) is 10.9. The van der Waals surface area contributed by atoms with Gasteiger partial charge in [-0.3, -0.25) is 0 Å². The van der Waals surface area contributed by atoms with Gasteiger partial charge in [0.2, 0.25) is 0 Å². The molecule has 0 aliphatic rings. The average molecular weight is 186 g/mol. The first-order chi connectivity index (χ1) is 6.01. The summed E-state index contributed by atoms with van der Waals surface area (Å²) in [5.41, 5.74) is -0.426. The molecular weight excluding hydrogens is 160 g/mol. The topological polar surface area (TPSA) is 20.2 Å². The molecule has 0 aromatic rings. The summed E-state index contributed by atoms with van der Waals surface area (Å²) in [5.74, 6) is 1.04. The van der Waals surface area contributed by atoms with E-state index in [9.17, 15) is 5.11 Å². The Morgan fingerprint density at radius 1 is 1.15 bits per heavy atom. The molecule has 1 nitrogen and oxygen atoms in total. The van der Waals surface area contributed by atoms with Crippen LogP contribution < -0.4 is 0 Å². The Hall–Kier alpha value is -0.0400. The lowest BCUT2D eigenvalue weighted by Crippen LogP contribution is -2.38. The molecule has 0 fully saturated rings. The smallest absolute Gasteiger partial charge is 0.0673 e. The van der Waals surface area contributed by atoms with Gasteiger partial charge in [-0.1, -0.05) is 47.5 Å². The highest BCUT2D eigenvalue weighted by Gasteiger charge is 2.33. The van der Waals surface area contributed by atoms with Crippen LogP contribution in [0.15, 0.2) is 0 Å². The molecule has 0 aromatic carbocycles. The Kier molecular flexibility index (Phi) is 5.62. The van der Waals surface area contributed by atoms with Crippen molar-refractivity contribution in [2.24, 2.45) is 11.8 Å². The van der Waals surface area contributed by atoms with Crippen LogP contribution in [-0.4, -0.2) is 10.7 Å². The third-order valence-electron chi connectivity index (χ3n) is 3.64. The van der Waals surface area contributed by atoms with Crippen LogP contribution in [0.3, 0.4) is 0 Å². The second kappa shape index (κ2) is 5.64. The lowest BCUT2D eigenvalue weighted by atomic mass is 9.75. The van der Waals surface area contributed by atoms with Crippen molar-refractivity contribution in [2.45, 2.75) is 65.9 Å². The Labute approximate surface area is 83.5 Å².